The van der Waals surface area contributed by atoms with Crippen molar-refractivity contribution in [1.82, 2.24) is 29.2 Å². The van der Waals surface area contributed by atoms with E-state index in [1.54, 1.807) is 12.4 Å². The third-order valence-corrected chi connectivity index (χ3v) is 7.88. The third kappa shape index (κ3) is 4.38. The highest BCUT2D eigenvalue weighted by atomic mass is 32.1. The van der Waals surface area contributed by atoms with Gasteiger partial charge in [0.2, 0.25) is 5.82 Å². The first-order valence-electron chi connectivity index (χ1n) is 12.7. The van der Waals surface area contributed by atoms with Gasteiger partial charge in [-0.15, -0.1) is 0 Å². The maximum absolute atomic E-state index is 12.4. The van der Waals surface area contributed by atoms with Gasteiger partial charge in [-0.3, -0.25) is 14.0 Å². The van der Waals surface area contributed by atoms with Gasteiger partial charge in [0.05, 0.1) is 18.8 Å². The summed E-state index contributed by atoms with van der Waals surface area (Å²) in [4.78, 5) is 45.8. The number of amides is 1. The molecule has 0 spiro atoms. The first kappa shape index (κ1) is 25.3. The smallest absolute Gasteiger partial charge is 0.292 e. The fourth-order valence-corrected chi connectivity index (χ4v) is 5.47. The lowest BCUT2D eigenvalue weighted by Crippen LogP contribution is -2.50. The van der Waals surface area contributed by atoms with Crippen LogP contribution in [0.25, 0.3) is 28.0 Å². The van der Waals surface area contributed by atoms with E-state index in [0.29, 0.717) is 22.1 Å². The van der Waals surface area contributed by atoms with Crippen LogP contribution >= 0.6 is 11.3 Å². The van der Waals surface area contributed by atoms with Gasteiger partial charge in [-0.2, -0.15) is 5.26 Å². The van der Waals surface area contributed by atoms with Crippen molar-refractivity contribution < 1.29 is 9.59 Å². The number of hydrogen-bond acceptors (Lipinski definition) is 9. The molecular formula is C29H24N8O2S. The molecule has 1 aliphatic rings. The Balaban J connectivity index is 1.36. The van der Waals surface area contributed by atoms with Crippen LogP contribution in [0.1, 0.15) is 33.7 Å². The molecule has 6 rings (SSSR count). The minimum Gasteiger partial charge on any atom is -0.321 e. The van der Waals surface area contributed by atoms with Gasteiger partial charge in [0.25, 0.3) is 5.91 Å². The lowest BCUT2D eigenvalue weighted by atomic mass is 10.1. The normalized spacial score (nSPS) is 12.8. The van der Waals surface area contributed by atoms with E-state index in [1.165, 1.54) is 16.2 Å². The average Bonchev–Trinajstić information content (AvgIpc) is 3.56. The molecule has 10 nitrogen and oxygen atoms in total. The zero-order chi connectivity index (χ0) is 28.0. The summed E-state index contributed by atoms with van der Waals surface area (Å²) in [6, 6.07) is 14.2. The summed E-state index contributed by atoms with van der Waals surface area (Å²) in [6.07, 6.45) is 5.88. The number of anilines is 2. The number of rotatable bonds is 6. The number of thiazole rings is 1. The molecule has 0 N–H and O–H groups in total. The van der Waals surface area contributed by atoms with Crippen molar-refractivity contribution in [1.29, 1.82) is 5.26 Å². The van der Waals surface area contributed by atoms with E-state index in [4.69, 9.17) is 9.97 Å². The number of nitriles is 1. The third-order valence-electron chi connectivity index (χ3n) is 6.84. The largest absolute Gasteiger partial charge is 0.321 e. The van der Waals surface area contributed by atoms with Crippen molar-refractivity contribution in [3.8, 4) is 28.5 Å². The Morgan fingerprint density at radius 3 is 2.40 bits per heavy atom. The second kappa shape index (κ2) is 9.98. The van der Waals surface area contributed by atoms with Gasteiger partial charge in [-0.1, -0.05) is 48.1 Å². The molecule has 4 aromatic heterocycles. The standard InChI is InChI=1S/C29H24N8O2S/c1-4-22-27(35(3)29-34-25(23(11-30)40-29)18-7-5-17(2)6-8-18)37-14-19(9-10-24(37)33-22)20-12-31-26(32-13-20)28(39)36-15-21(38)16-36/h5-10,12-14H,4,15-16H2,1-3H3. The van der Waals surface area contributed by atoms with Gasteiger partial charge in [0.15, 0.2) is 10.9 Å². The number of imidazole rings is 1. The van der Waals surface area contributed by atoms with Crippen molar-refractivity contribution in [2.24, 2.45) is 0 Å². The summed E-state index contributed by atoms with van der Waals surface area (Å²) in [7, 11) is 1.93. The summed E-state index contributed by atoms with van der Waals surface area (Å²) >= 11 is 1.34. The van der Waals surface area contributed by atoms with E-state index in [2.05, 4.69) is 23.0 Å². The fraction of sp³-hybridized carbons (Fsp3) is 0.207. The van der Waals surface area contributed by atoms with Crippen molar-refractivity contribution in [3.05, 3.63) is 76.9 Å². The quantitative estimate of drug-likeness (QED) is 0.305. The molecule has 11 heteroatoms. The van der Waals surface area contributed by atoms with E-state index in [1.807, 2.05) is 65.9 Å². The van der Waals surface area contributed by atoms with E-state index >= 15 is 0 Å². The Bertz CT molecular complexity index is 1810. The van der Waals surface area contributed by atoms with Crippen LogP contribution in [-0.2, 0) is 11.2 Å². The molecule has 1 aromatic carbocycles. The van der Waals surface area contributed by atoms with Crippen molar-refractivity contribution in [2.75, 3.05) is 25.0 Å². The van der Waals surface area contributed by atoms with E-state index in [9.17, 15) is 14.9 Å². The summed E-state index contributed by atoms with van der Waals surface area (Å²) < 4.78 is 2.00. The van der Waals surface area contributed by atoms with Crippen LogP contribution in [-0.4, -0.2) is 61.1 Å². The van der Waals surface area contributed by atoms with Gasteiger partial charge in [-0.05, 0) is 25.5 Å². The van der Waals surface area contributed by atoms with Crippen LogP contribution in [0.4, 0.5) is 10.9 Å². The molecule has 0 radical (unpaired) electrons. The number of hydrogen-bond donors (Lipinski definition) is 0. The van der Waals surface area contributed by atoms with Crippen LogP contribution in [0.3, 0.4) is 0 Å². The molecule has 1 aliphatic heterocycles. The number of carbonyl (C=O) groups is 2. The molecule has 5 aromatic rings. The highest BCUT2D eigenvalue weighted by Crippen LogP contribution is 2.37. The van der Waals surface area contributed by atoms with Gasteiger partial charge < -0.3 is 9.80 Å². The van der Waals surface area contributed by atoms with E-state index in [0.717, 1.165) is 39.4 Å². The predicted molar refractivity (Wildman–Crippen MR) is 152 cm³/mol. The van der Waals surface area contributed by atoms with Crippen LogP contribution in [0, 0.1) is 18.3 Å². The summed E-state index contributed by atoms with van der Waals surface area (Å²) in [5.74, 6) is 0.593. The number of aryl methyl sites for hydroxylation is 2. The Kier molecular flexibility index (Phi) is 6.32. The zero-order valence-electron chi connectivity index (χ0n) is 22.1. The maximum atomic E-state index is 12.4. The van der Waals surface area contributed by atoms with Gasteiger partial charge in [0.1, 0.15) is 28.1 Å². The Labute approximate surface area is 234 Å². The summed E-state index contributed by atoms with van der Waals surface area (Å²) in [5.41, 5.74) is 5.95. The maximum Gasteiger partial charge on any atom is 0.292 e. The number of ketones is 1. The van der Waals surface area contributed by atoms with Gasteiger partial charge in [0, 0.05) is 42.3 Å². The SMILES string of the molecule is CCc1nc2ccc(-c3cnc(C(=O)N4CC(=O)C4)nc3)cn2c1N(C)c1nc(-c2ccc(C)cc2)c(C#N)s1. The first-order chi connectivity index (χ1) is 19.4. The zero-order valence-corrected chi connectivity index (χ0v) is 22.9. The number of aromatic nitrogens is 5. The molecule has 0 saturated carbocycles. The monoisotopic (exact) mass is 548 g/mol. The Morgan fingerprint density at radius 1 is 1.05 bits per heavy atom. The second-order valence-corrected chi connectivity index (χ2v) is 10.6. The molecule has 1 fully saturated rings. The molecule has 1 amide bonds. The molecular weight excluding hydrogens is 524 g/mol. The number of nitrogens with zero attached hydrogens (tertiary/aromatic N) is 8. The minimum absolute atomic E-state index is 0.0267. The molecule has 1 saturated heterocycles. The average molecular weight is 549 g/mol. The van der Waals surface area contributed by atoms with Crippen LogP contribution in [0.5, 0.6) is 0 Å². The Hall–Kier alpha value is -4.95. The predicted octanol–water partition coefficient (Wildman–Crippen LogP) is 4.45. The molecule has 5 heterocycles. The number of carbonyl (C=O) groups excluding carboxylic acids is 2. The fourth-order valence-electron chi connectivity index (χ4n) is 4.62. The number of likely N-dealkylation sites (tertiary alicyclic amines) is 1. The highest BCUT2D eigenvalue weighted by molar-refractivity contribution is 7.16. The van der Waals surface area contributed by atoms with Gasteiger partial charge >= 0.3 is 0 Å². The minimum atomic E-state index is -0.349. The van der Waals surface area contributed by atoms with Crippen molar-refractivity contribution >= 4 is 39.6 Å². The number of pyridine rings is 1. The van der Waals surface area contributed by atoms with Gasteiger partial charge in [-0.25, -0.2) is 19.9 Å². The summed E-state index contributed by atoms with van der Waals surface area (Å²) in [6.45, 7) is 4.30. The second-order valence-electron chi connectivity index (χ2n) is 9.59. The van der Waals surface area contributed by atoms with Crippen molar-refractivity contribution in [2.45, 2.75) is 20.3 Å². The molecule has 40 heavy (non-hydrogen) atoms. The first-order valence-corrected chi connectivity index (χ1v) is 13.5. The Morgan fingerprint density at radius 2 is 1.75 bits per heavy atom. The lowest BCUT2D eigenvalue weighted by Gasteiger charge is -2.28. The van der Waals surface area contributed by atoms with Crippen LogP contribution < -0.4 is 4.90 Å². The molecule has 198 valence electrons. The summed E-state index contributed by atoms with van der Waals surface area (Å²) in [5, 5.41) is 10.5. The topological polar surface area (TPSA) is 120 Å². The number of Topliss-reactive ketones (excluding diaryl/α,β-unsaturated/α-hetero) is 1. The highest BCUT2D eigenvalue weighted by Gasteiger charge is 2.30. The van der Waals surface area contributed by atoms with E-state index in [-0.39, 0.29) is 30.6 Å². The molecule has 0 aliphatic carbocycles. The van der Waals surface area contributed by atoms with Crippen LogP contribution in [0.15, 0.2) is 55.0 Å². The van der Waals surface area contributed by atoms with Crippen LogP contribution in [0.2, 0.25) is 0 Å². The van der Waals surface area contributed by atoms with E-state index < -0.39 is 0 Å². The van der Waals surface area contributed by atoms with Crippen molar-refractivity contribution in [3.63, 3.8) is 0 Å². The molecule has 0 atom stereocenters. The molecule has 0 bridgehead atoms. The number of benzene rings is 1. The molecule has 0 unspecified atom stereocenters. The lowest BCUT2D eigenvalue weighted by molar-refractivity contribution is -0.127. The number of fused-ring (bicyclic) bond motifs is 1.